The van der Waals surface area contributed by atoms with Crippen molar-refractivity contribution < 1.29 is 14.0 Å². The summed E-state index contributed by atoms with van der Waals surface area (Å²) in [5, 5.41) is 6.52. The quantitative estimate of drug-likeness (QED) is 0.704. The molecular formula is C19H19N3O3S2. The number of amides is 2. The normalized spacial score (nSPS) is 17.1. The number of rotatable bonds is 4. The van der Waals surface area contributed by atoms with Crippen LogP contribution in [0.3, 0.4) is 0 Å². The lowest BCUT2D eigenvalue weighted by molar-refractivity contribution is 0.0711. The lowest BCUT2D eigenvalue weighted by atomic mass is 9.98. The summed E-state index contributed by atoms with van der Waals surface area (Å²) in [5.74, 6) is 0.261. The molecule has 1 saturated heterocycles. The number of nitrogens with one attached hydrogen (secondary N) is 1. The van der Waals surface area contributed by atoms with Gasteiger partial charge in [-0.2, -0.15) is 0 Å². The highest BCUT2D eigenvalue weighted by Crippen LogP contribution is 2.32. The van der Waals surface area contributed by atoms with E-state index in [9.17, 15) is 9.59 Å². The van der Waals surface area contributed by atoms with Gasteiger partial charge in [0.15, 0.2) is 5.76 Å². The molecule has 6 nitrogen and oxygen atoms in total. The molecule has 140 valence electrons. The fraction of sp³-hybridized carbons (Fsp3) is 0.316. The number of thiazole rings is 1. The molecule has 27 heavy (non-hydrogen) atoms. The number of carbonyl (C=O) groups is 2. The van der Waals surface area contributed by atoms with E-state index in [4.69, 9.17) is 4.42 Å². The Balaban J connectivity index is 1.47. The number of aryl methyl sites for hydroxylation is 1. The lowest BCUT2D eigenvalue weighted by Gasteiger charge is -2.31. The van der Waals surface area contributed by atoms with E-state index < -0.39 is 0 Å². The minimum atomic E-state index is -0.318. The molecule has 3 aromatic rings. The van der Waals surface area contributed by atoms with Gasteiger partial charge in [-0.15, -0.1) is 22.7 Å². The highest BCUT2D eigenvalue weighted by molar-refractivity contribution is 7.18. The van der Waals surface area contributed by atoms with Gasteiger partial charge in [-0.25, -0.2) is 4.98 Å². The Morgan fingerprint density at radius 3 is 3.04 bits per heavy atom. The molecule has 0 saturated carbocycles. The Hall–Kier alpha value is -2.45. The van der Waals surface area contributed by atoms with Gasteiger partial charge in [0.1, 0.15) is 0 Å². The van der Waals surface area contributed by atoms with E-state index in [1.165, 1.54) is 17.6 Å². The summed E-state index contributed by atoms with van der Waals surface area (Å²) in [5.41, 5.74) is 0.871. The Morgan fingerprint density at radius 1 is 1.41 bits per heavy atom. The molecule has 3 aromatic heterocycles. The number of thiophene rings is 1. The predicted octanol–water partition coefficient (Wildman–Crippen LogP) is 4.38. The summed E-state index contributed by atoms with van der Waals surface area (Å²) < 4.78 is 5.11. The van der Waals surface area contributed by atoms with Crippen molar-refractivity contribution in [2.24, 2.45) is 0 Å². The van der Waals surface area contributed by atoms with Gasteiger partial charge in [0.25, 0.3) is 11.8 Å². The second-order valence-corrected chi connectivity index (χ2v) is 8.49. The average molecular weight is 402 g/mol. The van der Waals surface area contributed by atoms with Crippen LogP contribution in [0.1, 0.15) is 49.6 Å². The van der Waals surface area contributed by atoms with Gasteiger partial charge in [-0.1, -0.05) is 0 Å². The summed E-state index contributed by atoms with van der Waals surface area (Å²) >= 11 is 2.96. The maximum absolute atomic E-state index is 13.1. The molecule has 4 rings (SSSR count). The lowest BCUT2D eigenvalue weighted by Crippen LogP contribution is -2.39. The Kier molecular flexibility index (Phi) is 5.09. The standard InChI is InChI=1S/C19H19N3O3S2/c1-12-10-15(21-17(23)14-5-3-8-25-14)27-16(12)19(24)22-7-2-4-13(11-22)18-20-6-9-26-18/h3,5-6,8-10,13H,2,4,7,11H2,1H3,(H,21,23). The number of hydrogen-bond donors (Lipinski definition) is 1. The summed E-state index contributed by atoms with van der Waals surface area (Å²) in [6.45, 7) is 3.35. The largest absolute Gasteiger partial charge is 0.459 e. The first kappa shape index (κ1) is 17.9. The highest BCUT2D eigenvalue weighted by Gasteiger charge is 2.28. The van der Waals surface area contributed by atoms with Crippen LogP contribution in [0.25, 0.3) is 0 Å². The number of nitrogens with zero attached hydrogens (tertiary/aromatic N) is 2. The minimum Gasteiger partial charge on any atom is -0.459 e. The molecule has 1 atom stereocenters. The molecule has 1 aliphatic rings. The molecule has 0 aromatic carbocycles. The second-order valence-electron chi connectivity index (χ2n) is 6.51. The first-order chi connectivity index (χ1) is 13.1. The SMILES string of the molecule is Cc1cc(NC(=O)c2ccco2)sc1C(=O)N1CCCC(c2nccs2)C1. The first-order valence-corrected chi connectivity index (χ1v) is 10.5. The summed E-state index contributed by atoms with van der Waals surface area (Å²) in [7, 11) is 0. The monoisotopic (exact) mass is 401 g/mol. The fourth-order valence-corrected chi connectivity index (χ4v) is 5.08. The van der Waals surface area contributed by atoms with Crippen LogP contribution >= 0.6 is 22.7 Å². The first-order valence-electron chi connectivity index (χ1n) is 8.76. The van der Waals surface area contributed by atoms with Crippen molar-refractivity contribution >= 4 is 39.5 Å². The third-order valence-electron chi connectivity index (χ3n) is 4.60. The van der Waals surface area contributed by atoms with E-state index in [2.05, 4.69) is 10.3 Å². The van der Waals surface area contributed by atoms with Crippen LogP contribution in [0.5, 0.6) is 0 Å². The topological polar surface area (TPSA) is 75.4 Å². The molecular weight excluding hydrogens is 382 g/mol. The molecule has 0 aliphatic carbocycles. The van der Waals surface area contributed by atoms with E-state index in [0.717, 1.165) is 30.0 Å². The van der Waals surface area contributed by atoms with Crippen molar-refractivity contribution in [2.75, 3.05) is 18.4 Å². The van der Waals surface area contributed by atoms with E-state index in [1.54, 1.807) is 23.5 Å². The summed E-state index contributed by atoms with van der Waals surface area (Å²) in [6, 6.07) is 5.11. The Morgan fingerprint density at radius 2 is 2.30 bits per heavy atom. The smallest absolute Gasteiger partial charge is 0.291 e. The van der Waals surface area contributed by atoms with Gasteiger partial charge in [-0.3, -0.25) is 9.59 Å². The van der Waals surface area contributed by atoms with Crippen molar-refractivity contribution in [2.45, 2.75) is 25.7 Å². The maximum atomic E-state index is 13.1. The highest BCUT2D eigenvalue weighted by atomic mass is 32.1. The van der Waals surface area contributed by atoms with Crippen LogP contribution in [-0.2, 0) is 0 Å². The fourth-order valence-electron chi connectivity index (χ4n) is 3.28. The number of anilines is 1. The van der Waals surface area contributed by atoms with Crippen molar-refractivity contribution in [1.82, 2.24) is 9.88 Å². The van der Waals surface area contributed by atoms with E-state index in [-0.39, 0.29) is 17.6 Å². The van der Waals surface area contributed by atoms with Crippen LogP contribution in [0.15, 0.2) is 40.5 Å². The van der Waals surface area contributed by atoms with Crippen LogP contribution in [-0.4, -0.2) is 34.8 Å². The molecule has 1 fully saturated rings. The van der Waals surface area contributed by atoms with Gasteiger partial charge < -0.3 is 14.6 Å². The second kappa shape index (κ2) is 7.66. The maximum Gasteiger partial charge on any atom is 0.291 e. The number of piperidine rings is 1. The zero-order chi connectivity index (χ0) is 18.8. The van der Waals surface area contributed by atoms with Crippen molar-refractivity contribution in [3.8, 4) is 0 Å². The zero-order valence-corrected chi connectivity index (χ0v) is 16.4. The number of furan rings is 1. The Labute approximate surface area is 164 Å². The van der Waals surface area contributed by atoms with E-state index in [0.29, 0.717) is 22.3 Å². The van der Waals surface area contributed by atoms with Crippen LogP contribution in [0.2, 0.25) is 0 Å². The molecule has 1 unspecified atom stereocenters. The van der Waals surface area contributed by atoms with Crippen LogP contribution < -0.4 is 5.32 Å². The van der Waals surface area contributed by atoms with Crippen molar-refractivity contribution in [3.63, 3.8) is 0 Å². The van der Waals surface area contributed by atoms with Gasteiger partial charge in [0.05, 0.1) is 21.1 Å². The molecule has 2 amide bonds. The number of carbonyl (C=O) groups excluding carboxylic acids is 2. The van der Waals surface area contributed by atoms with Gasteiger partial charge in [0.2, 0.25) is 0 Å². The molecule has 8 heteroatoms. The third-order valence-corrected chi connectivity index (χ3v) is 6.68. The summed E-state index contributed by atoms with van der Waals surface area (Å²) in [4.78, 5) is 32.2. The van der Waals surface area contributed by atoms with Gasteiger partial charge in [-0.05, 0) is 43.5 Å². The number of aromatic nitrogens is 1. The van der Waals surface area contributed by atoms with Crippen LogP contribution in [0, 0.1) is 6.92 Å². The molecule has 4 heterocycles. The Bertz CT molecular complexity index is 932. The van der Waals surface area contributed by atoms with Crippen molar-refractivity contribution in [3.05, 3.63) is 57.2 Å². The van der Waals surface area contributed by atoms with E-state index in [1.807, 2.05) is 29.5 Å². The zero-order valence-electron chi connectivity index (χ0n) is 14.8. The minimum absolute atomic E-state index is 0.0252. The van der Waals surface area contributed by atoms with Crippen molar-refractivity contribution in [1.29, 1.82) is 0 Å². The van der Waals surface area contributed by atoms with Crippen LogP contribution in [0.4, 0.5) is 5.00 Å². The number of likely N-dealkylation sites (tertiary alicyclic amines) is 1. The van der Waals surface area contributed by atoms with Gasteiger partial charge >= 0.3 is 0 Å². The molecule has 0 spiro atoms. The summed E-state index contributed by atoms with van der Waals surface area (Å²) in [6.07, 6.45) is 5.31. The molecule has 1 aliphatic heterocycles. The third kappa shape index (κ3) is 3.81. The molecule has 0 bridgehead atoms. The molecule has 1 N–H and O–H groups in total. The van der Waals surface area contributed by atoms with Gasteiger partial charge in [0, 0.05) is 30.6 Å². The average Bonchev–Trinajstić information content (AvgIpc) is 3.43. The van der Waals surface area contributed by atoms with E-state index >= 15 is 0 Å². The number of hydrogen-bond acceptors (Lipinski definition) is 6. The predicted molar refractivity (Wildman–Crippen MR) is 106 cm³/mol. The molecule has 0 radical (unpaired) electrons.